The first-order chi connectivity index (χ1) is 12.6. The Morgan fingerprint density at radius 2 is 1.81 bits per heavy atom. The number of aryl methyl sites for hydroxylation is 1. The number of aromatic nitrogens is 1. The lowest BCUT2D eigenvalue weighted by molar-refractivity contribution is -0.123. The van der Waals surface area contributed by atoms with Crippen LogP contribution in [0.4, 0.5) is 5.69 Å². The summed E-state index contributed by atoms with van der Waals surface area (Å²) >= 11 is 6.76. The van der Waals surface area contributed by atoms with Gasteiger partial charge in [-0.2, -0.15) is 0 Å². The molecule has 0 bridgehead atoms. The molecule has 0 aliphatic carbocycles. The molecule has 0 atom stereocenters. The number of nitrogens with zero attached hydrogens (tertiary/aromatic N) is 2. The molecule has 0 radical (unpaired) electrons. The van der Waals surface area contributed by atoms with E-state index in [0.717, 1.165) is 10.5 Å². The topological polar surface area (TPSA) is 54.5 Å². The highest BCUT2D eigenvalue weighted by atomic mass is 32.2. The van der Waals surface area contributed by atoms with E-state index in [4.69, 9.17) is 17.0 Å². The summed E-state index contributed by atoms with van der Waals surface area (Å²) in [5, 5.41) is 2.99. The highest BCUT2D eigenvalue weighted by Crippen LogP contribution is 2.38. The third-order valence-corrected chi connectivity index (χ3v) is 5.29. The zero-order chi connectivity index (χ0) is 20.2. The van der Waals surface area contributed by atoms with Crippen molar-refractivity contribution in [3.63, 3.8) is 0 Å². The van der Waals surface area contributed by atoms with Gasteiger partial charge in [-0.15, -0.1) is 0 Å². The molecule has 0 saturated heterocycles. The molecule has 0 fully saturated rings. The molecule has 0 saturated carbocycles. The first kappa shape index (κ1) is 21.2. The molecular weight excluding hydrogens is 378 g/mol. The molecule has 1 aromatic carbocycles. The number of thioether (sulfide) groups is 1. The van der Waals surface area contributed by atoms with E-state index in [1.165, 1.54) is 11.8 Å². The maximum absolute atomic E-state index is 12.6. The van der Waals surface area contributed by atoms with Gasteiger partial charge in [-0.05, 0) is 19.1 Å². The summed E-state index contributed by atoms with van der Waals surface area (Å²) in [6, 6.07) is 7.70. The monoisotopic (exact) mass is 403 g/mol. The number of hydrogen-bond donors (Lipinski definition) is 1. The maximum atomic E-state index is 12.6. The second-order valence-corrected chi connectivity index (χ2v) is 9.07. The Hall–Kier alpha value is -2.12. The number of anilines is 1. The molecule has 27 heavy (non-hydrogen) atoms. The Morgan fingerprint density at radius 3 is 2.37 bits per heavy atom. The molecule has 0 spiro atoms. The number of carbonyl (C=O) groups excluding carboxylic acids is 1. The van der Waals surface area contributed by atoms with Crippen LogP contribution in [0.2, 0.25) is 0 Å². The minimum absolute atomic E-state index is 0.111. The molecule has 1 heterocycles. The number of amides is 1. The average Bonchev–Trinajstić information content (AvgIpc) is 2.58. The van der Waals surface area contributed by atoms with Crippen molar-refractivity contribution in [2.24, 2.45) is 5.41 Å². The summed E-state index contributed by atoms with van der Waals surface area (Å²) in [7, 11) is 3.76. The van der Waals surface area contributed by atoms with Crippen LogP contribution in [-0.4, -0.2) is 34.2 Å². The van der Waals surface area contributed by atoms with Crippen LogP contribution in [0.3, 0.4) is 0 Å². The van der Waals surface area contributed by atoms with E-state index in [0.29, 0.717) is 21.5 Å². The fourth-order valence-corrected chi connectivity index (χ4v) is 2.93. The van der Waals surface area contributed by atoms with Crippen molar-refractivity contribution in [1.29, 1.82) is 0 Å². The Bertz CT molecular complexity index is 828. The number of pyridine rings is 1. The normalized spacial score (nSPS) is 11.0. The molecule has 144 valence electrons. The van der Waals surface area contributed by atoms with Crippen LogP contribution in [-0.2, 0) is 4.79 Å². The van der Waals surface area contributed by atoms with E-state index < -0.39 is 5.41 Å². The van der Waals surface area contributed by atoms with Crippen molar-refractivity contribution in [1.82, 2.24) is 9.88 Å². The van der Waals surface area contributed by atoms with E-state index in [9.17, 15) is 4.79 Å². The second-order valence-electron chi connectivity index (χ2n) is 7.39. The lowest BCUT2D eigenvalue weighted by Crippen LogP contribution is -2.28. The summed E-state index contributed by atoms with van der Waals surface area (Å²) in [5.74, 6) is 1.04. The van der Waals surface area contributed by atoms with Crippen LogP contribution in [0.15, 0.2) is 41.6 Å². The Kier molecular flexibility index (Phi) is 6.84. The molecule has 7 heteroatoms. The van der Waals surface area contributed by atoms with Gasteiger partial charge < -0.3 is 15.0 Å². The van der Waals surface area contributed by atoms with Crippen LogP contribution in [0.25, 0.3) is 0 Å². The SMILES string of the molecule is Cc1ccc(Oc2cncc(SC(=S)N(C)C)c2NC(=O)C(C)(C)C)cc1. The van der Waals surface area contributed by atoms with Crippen LogP contribution >= 0.6 is 24.0 Å². The van der Waals surface area contributed by atoms with E-state index in [2.05, 4.69) is 10.3 Å². The molecule has 5 nitrogen and oxygen atoms in total. The third-order valence-electron chi connectivity index (χ3n) is 3.61. The Labute approximate surface area is 170 Å². The zero-order valence-corrected chi connectivity index (χ0v) is 18.1. The Balaban J connectivity index is 2.42. The highest BCUT2D eigenvalue weighted by molar-refractivity contribution is 8.23. The van der Waals surface area contributed by atoms with Gasteiger partial charge in [-0.3, -0.25) is 9.78 Å². The predicted molar refractivity (Wildman–Crippen MR) is 116 cm³/mol. The van der Waals surface area contributed by atoms with Crippen molar-refractivity contribution in [2.45, 2.75) is 32.6 Å². The van der Waals surface area contributed by atoms with Crippen molar-refractivity contribution in [3.8, 4) is 11.5 Å². The van der Waals surface area contributed by atoms with Gasteiger partial charge in [0.1, 0.15) is 15.8 Å². The van der Waals surface area contributed by atoms with E-state index >= 15 is 0 Å². The molecule has 1 amide bonds. The number of ether oxygens (including phenoxy) is 1. The highest BCUT2D eigenvalue weighted by Gasteiger charge is 2.25. The molecule has 2 rings (SSSR count). The van der Waals surface area contributed by atoms with Gasteiger partial charge in [-0.1, -0.05) is 62.4 Å². The fraction of sp³-hybridized carbons (Fsp3) is 0.350. The molecular formula is C20H25N3O2S2. The van der Waals surface area contributed by atoms with E-state index in [1.807, 2.05) is 71.0 Å². The molecule has 0 aliphatic rings. The second kappa shape index (κ2) is 8.71. The van der Waals surface area contributed by atoms with Crippen molar-refractivity contribution in [2.75, 3.05) is 19.4 Å². The smallest absolute Gasteiger partial charge is 0.229 e. The van der Waals surface area contributed by atoms with Gasteiger partial charge in [0, 0.05) is 25.7 Å². The maximum Gasteiger partial charge on any atom is 0.229 e. The quantitative estimate of drug-likeness (QED) is 0.566. The third kappa shape index (κ3) is 5.94. The Morgan fingerprint density at radius 1 is 1.19 bits per heavy atom. The van der Waals surface area contributed by atoms with Gasteiger partial charge in [0.15, 0.2) is 5.75 Å². The first-order valence-corrected chi connectivity index (χ1v) is 9.73. The van der Waals surface area contributed by atoms with Crippen molar-refractivity contribution >= 4 is 39.9 Å². The number of hydrogen-bond acceptors (Lipinski definition) is 5. The average molecular weight is 404 g/mol. The molecule has 0 aliphatic heterocycles. The van der Waals surface area contributed by atoms with Crippen LogP contribution in [0, 0.1) is 12.3 Å². The lowest BCUT2D eigenvalue weighted by atomic mass is 9.95. The summed E-state index contributed by atoms with van der Waals surface area (Å²) < 4.78 is 6.68. The zero-order valence-electron chi connectivity index (χ0n) is 16.5. The van der Waals surface area contributed by atoms with Gasteiger partial charge in [0.25, 0.3) is 0 Å². The predicted octanol–water partition coefficient (Wildman–Crippen LogP) is 5.11. The number of nitrogens with one attached hydrogen (secondary N) is 1. The molecule has 1 aromatic heterocycles. The van der Waals surface area contributed by atoms with Crippen LogP contribution < -0.4 is 10.1 Å². The molecule has 1 N–H and O–H groups in total. The first-order valence-electron chi connectivity index (χ1n) is 8.51. The van der Waals surface area contributed by atoms with Gasteiger partial charge in [0.2, 0.25) is 5.91 Å². The lowest BCUT2D eigenvalue weighted by Gasteiger charge is -2.22. The number of thiocarbonyl (C=S) groups is 1. The fourth-order valence-electron chi connectivity index (χ4n) is 1.92. The number of rotatable bonds is 4. The van der Waals surface area contributed by atoms with Crippen molar-refractivity contribution < 1.29 is 9.53 Å². The summed E-state index contributed by atoms with van der Waals surface area (Å²) in [6.07, 6.45) is 3.28. The van der Waals surface area contributed by atoms with Crippen molar-refractivity contribution in [3.05, 3.63) is 42.2 Å². The van der Waals surface area contributed by atoms with Gasteiger partial charge in [0.05, 0.1) is 11.1 Å². The van der Waals surface area contributed by atoms with Crippen LogP contribution in [0.1, 0.15) is 26.3 Å². The van der Waals surface area contributed by atoms with Gasteiger partial charge >= 0.3 is 0 Å². The number of benzene rings is 1. The summed E-state index contributed by atoms with van der Waals surface area (Å²) in [4.78, 5) is 19.4. The van der Waals surface area contributed by atoms with E-state index in [1.54, 1.807) is 12.4 Å². The summed E-state index contributed by atoms with van der Waals surface area (Å²) in [6.45, 7) is 7.60. The number of carbonyl (C=O) groups is 1. The van der Waals surface area contributed by atoms with Crippen LogP contribution in [0.5, 0.6) is 11.5 Å². The summed E-state index contributed by atoms with van der Waals surface area (Å²) in [5.41, 5.74) is 1.16. The largest absolute Gasteiger partial charge is 0.454 e. The molecule has 2 aromatic rings. The molecule has 0 unspecified atom stereocenters. The van der Waals surface area contributed by atoms with E-state index in [-0.39, 0.29) is 5.91 Å². The van der Waals surface area contributed by atoms with Gasteiger partial charge in [-0.25, -0.2) is 0 Å². The standard InChI is InChI=1S/C20H25N3O2S2/c1-13-7-9-14(10-8-13)25-15-11-21-12-16(27-19(26)23(5)6)17(15)22-18(24)20(2,3)4/h7-12H,1-6H3,(H,21,22,24). The minimum atomic E-state index is -0.547. The minimum Gasteiger partial charge on any atom is -0.454 e.